The molecule has 1 atom stereocenters. The van der Waals surface area contributed by atoms with E-state index in [2.05, 4.69) is 10.1 Å². The number of ketones is 1. The molecule has 1 heterocycles. The number of amides is 1. The molecule has 3 aromatic rings. The Bertz CT molecular complexity index is 1190. The fourth-order valence-corrected chi connectivity index (χ4v) is 3.31. The summed E-state index contributed by atoms with van der Waals surface area (Å²) in [5, 5.41) is 12.8. The largest absolute Gasteiger partial charge is 0.443 e. The van der Waals surface area contributed by atoms with E-state index in [0.717, 1.165) is 17.7 Å². The number of hydrogen-bond acceptors (Lipinski definition) is 6. The molecule has 0 radical (unpaired) electrons. The van der Waals surface area contributed by atoms with Crippen molar-refractivity contribution in [3.05, 3.63) is 95.4 Å². The van der Waals surface area contributed by atoms with Crippen molar-refractivity contribution >= 4 is 23.4 Å². The van der Waals surface area contributed by atoms with Crippen LogP contribution in [0.15, 0.2) is 78.1 Å². The van der Waals surface area contributed by atoms with Crippen molar-refractivity contribution in [1.29, 1.82) is 0 Å². The van der Waals surface area contributed by atoms with E-state index in [0.29, 0.717) is 0 Å². The van der Waals surface area contributed by atoms with Gasteiger partial charge in [-0.1, -0.05) is 35.5 Å². The van der Waals surface area contributed by atoms with E-state index < -0.39 is 29.3 Å². The molecule has 176 valence electrons. The standard InChI is InChI=1S/C26H26FN3O4/c1-17(18-8-6-5-7-9-18)30(25(32)34-26(2,3)4)22-16-20(14-15-28-22)23(29-33)24(31)19-10-12-21(27)13-11-19/h5-17,33H,1-4H3/b29-23-. The molecule has 0 aliphatic rings. The van der Waals surface area contributed by atoms with Crippen LogP contribution in [0.5, 0.6) is 0 Å². The summed E-state index contributed by atoms with van der Waals surface area (Å²) < 4.78 is 18.9. The third-order valence-electron chi connectivity index (χ3n) is 4.95. The average molecular weight is 464 g/mol. The van der Waals surface area contributed by atoms with Gasteiger partial charge >= 0.3 is 6.09 Å². The molecule has 1 N–H and O–H groups in total. The lowest BCUT2D eigenvalue weighted by Gasteiger charge is -2.31. The normalized spacial score (nSPS) is 12.7. The lowest BCUT2D eigenvalue weighted by Crippen LogP contribution is -2.39. The Hall–Kier alpha value is -4.07. The minimum absolute atomic E-state index is 0.147. The predicted molar refractivity (Wildman–Crippen MR) is 127 cm³/mol. The third kappa shape index (κ3) is 5.83. The van der Waals surface area contributed by atoms with E-state index in [1.165, 1.54) is 35.4 Å². The van der Waals surface area contributed by atoms with E-state index in [1.54, 1.807) is 20.8 Å². The van der Waals surface area contributed by atoms with Gasteiger partial charge in [0.05, 0.1) is 6.04 Å². The number of carbonyl (C=O) groups excluding carboxylic acids is 2. The number of oxime groups is 1. The number of halogens is 1. The number of ether oxygens (including phenoxy) is 1. The van der Waals surface area contributed by atoms with Crippen molar-refractivity contribution < 1.29 is 23.9 Å². The Kier molecular flexibility index (Phi) is 7.40. The van der Waals surface area contributed by atoms with Crippen LogP contribution in [0.4, 0.5) is 15.0 Å². The maximum absolute atomic E-state index is 13.3. The van der Waals surface area contributed by atoms with Gasteiger partial charge in [0.2, 0.25) is 5.78 Å². The fourth-order valence-electron chi connectivity index (χ4n) is 3.31. The van der Waals surface area contributed by atoms with Crippen molar-refractivity contribution in [2.24, 2.45) is 5.16 Å². The number of pyridine rings is 1. The first-order chi connectivity index (χ1) is 16.1. The Labute approximate surface area is 197 Å². The number of anilines is 1. The van der Waals surface area contributed by atoms with E-state index in [-0.39, 0.29) is 22.7 Å². The number of rotatable bonds is 6. The van der Waals surface area contributed by atoms with Crippen LogP contribution in [0.1, 0.15) is 55.2 Å². The highest BCUT2D eigenvalue weighted by molar-refractivity contribution is 6.51. The highest BCUT2D eigenvalue weighted by Crippen LogP contribution is 2.28. The van der Waals surface area contributed by atoms with Crippen LogP contribution < -0.4 is 4.90 Å². The summed E-state index contributed by atoms with van der Waals surface area (Å²) in [7, 11) is 0. The number of nitrogens with zero attached hydrogens (tertiary/aromatic N) is 3. The summed E-state index contributed by atoms with van der Waals surface area (Å²) in [6, 6.07) is 16.7. The Morgan fingerprint density at radius 2 is 1.68 bits per heavy atom. The van der Waals surface area contributed by atoms with Gasteiger partial charge < -0.3 is 9.94 Å². The van der Waals surface area contributed by atoms with Crippen LogP contribution in [0.2, 0.25) is 0 Å². The highest BCUT2D eigenvalue weighted by Gasteiger charge is 2.30. The van der Waals surface area contributed by atoms with Crippen LogP contribution in [-0.2, 0) is 4.74 Å². The molecule has 3 rings (SSSR count). The van der Waals surface area contributed by atoms with Gasteiger partial charge in [-0.05, 0) is 69.7 Å². The average Bonchev–Trinajstić information content (AvgIpc) is 2.80. The van der Waals surface area contributed by atoms with E-state index >= 15 is 0 Å². The van der Waals surface area contributed by atoms with Crippen molar-refractivity contribution in [1.82, 2.24) is 4.98 Å². The van der Waals surface area contributed by atoms with E-state index in [4.69, 9.17) is 4.74 Å². The molecular weight excluding hydrogens is 437 g/mol. The zero-order valence-electron chi connectivity index (χ0n) is 19.4. The van der Waals surface area contributed by atoms with Gasteiger partial charge in [-0.25, -0.2) is 14.2 Å². The number of Topliss-reactive ketones (excluding diaryl/α,β-unsaturated/α-hetero) is 1. The summed E-state index contributed by atoms with van der Waals surface area (Å²) in [5.41, 5.74) is 0.204. The maximum Gasteiger partial charge on any atom is 0.416 e. The zero-order chi connectivity index (χ0) is 24.9. The molecule has 7 nitrogen and oxygen atoms in total. The van der Waals surface area contributed by atoms with Crippen LogP contribution in [0.3, 0.4) is 0 Å². The van der Waals surface area contributed by atoms with Crippen molar-refractivity contribution in [2.45, 2.75) is 39.3 Å². The molecule has 0 saturated carbocycles. The SMILES string of the molecule is CC(c1ccccc1)N(C(=O)OC(C)(C)C)c1cc(/C(=N/O)C(=O)c2ccc(F)cc2)ccn1. The number of hydrogen-bond donors (Lipinski definition) is 1. The second-order valence-electron chi connectivity index (χ2n) is 8.62. The monoisotopic (exact) mass is 463 g/mol. The lowest BCUT2D eigenvalue weighted by molar-refractivity contribution is 0.0566. The first-order valence-corrected chi connectivity index (χ1v) is 10.7. The molecule has 34 heavy (non-hydrogen) atoms. The highest BCUT2D eigenvalue weighted by atomic mass is 19.1. The molecule has 0 fully saturated rings. The molecule has 0 spiro atoms. The Morgan fingerprint density at radius 3 is 2.26 bits per heavy atom. The predicted octanol–water partition coefficient (Wildman–Crippen LogP) is 5.78. The third-order valence-corrected chi connectivity index (χ3v) is 4.95. The van der Waals surface area contributed by atoms with Gasteiger partial charge in [-0.3, -0.25) is 9.69 Å². The molecule has 0 saturated heterocycles. The summed E-state index contributed by atoms with van der Waals surface area (Å²) >= 11 is 0. The Balaban J connectivity index is 2.03. The topological polar surface area (TPSA) is 92.1 Å². The molecule has 8 heteroatoms. The smallest absolute Gasteiger partial charge is 0.416 e. The van der Waals surface area contributed by atoms with Gasteiger partial charge in [0.15, 0.2) is 5.71 Å². The number of benzene rings is 2. The summed E-state index contributed by atoms with van der Waals surface area (Å²) in [6.45, 7) is 7.12. The van der Waals surface area contributed by atoms with E-state index in [9.17, 15) is 19.2 Å². The zero-order valence-corrected chi connectivity index (χ0v) is 19.4. The minimum Gasteiger partial charge on any atom is -0.443 e. The lowest BCUT2D eigenvalue weighted by atomic mass is 10.0. The molecule has 1 unspecified atom stereocenters. The van der Waals surface area contributed by atoms with Crippen molar-refractivity contribution in [3.63, 3.8) is 0 Å². The number of aromatic nitrogens is 1. The summed E-state index contributed by atoms with van der Waals surface area (Å²) in [6.07, 6.45) is 0.781. The van der Waals surface area contributed by atoms with Gasteiger partial charge in [-0.15, -0.1) is 0 Å². The van der Waals surface area contributed by atoms with Crippen LogP contribution in [-0.4, -0.2) is 33.4 Å². The summed E-state index contributed by atoms with van der Waals surface area (Å²) in [5.74, 6) is -0.899. The molecule has 1 amide bonds. The second kappa shape index (κ2) is 10.2. The molecule has 0 bridgehead atoms. The van der Waals surface area contributed by atoms with Crippen LogP contribution in [0, 0.1) is 5.82 Å². The first kappa shape index (κ1) is 24.6. The van der Waals surface area contributed by atoms with Crippen LogP contribution in [0.25, 0.3) is 0 Å². The molecule has 0 aliphatic carbocycles. The quantitative estimate of drug-likeness (QED) is 0.216. The van der Waals surface area contributed by atoms with Crippen molar-refractivity contribution in [3.8, 4) is 0 Å². The fraction of sp³-hybridized carbons (Fsp3) is 0.231. The first-order valence-electron chi connectivity index (χ1n) is 10.7. The molecule has 0 aliphatic heterocycles. The summed E-state index contributed by atoms with van der Waals surface area (Å²) in [4.78, 5) is 31.8. The van der Waals surface area contributed by atoms with E-state index in [1.807, 2.05) is 37.3 Å². The van der Waals surface area contributed by atoms with Gasteiger partial charge in [0, 0.05) is 17.3 Å². The number of carbonyl (C=O) groups is 2. The van der Waals surface area contributed by atoms with Gasteiger partial charge in [0.1, 0.15) is 17.2 Å². The molecule has 1 aromatic heterocycles. The second-order valence-corrected chi connectivity index (χ2v) is 8.62. The minimum atomic E-state index is -0.750. The Morgan fingerprint density at radius 1 is 1.03 bits per heavy atom. The van der Waals surface area contributed by atoms with Crippen molar-refractivity contribution in [2.75, 3.05) is 4.90 Å². The maximum atomic E-state index is 13.3. The van der Waals surface area contributed by atoms with Gasteiger partial charge in [0.25, 0.3) is 0 Å². The molecular formula is C26H26FN3O4. The molecule has 2 aromatic carbocycles. The van der Waals surface area contributed by atoms with Gasteiger partial charge in [-0.2, -0.15) is 0 Å². The van der Waals surface area contributed by atoms with Crippen LogP contribution >= 0.6 is 0 Å².